The molecular formula is C14H16N4O2S. The number of anilines is 1. The van der Waals surface area contributed by atoms with Gasteiger partial charge >= 0.3 is 0 Å². The van der Waals surface area contributed by atoms with Gasteiger partial charge in [0.25, 0.3) is 5.91 Å². The molecule has 1 saturated carbocycles. The van der Waals surface area contributed by atoms with Crippen LogP contribution in [0.2, 0.25) is 0 Å². The largest absolute Gasteiger partial charge is 0.364 e. The Morgan fingerprint density at radius 1 is 1.38 bits per heavy atom. The van der Waals surface area contributed by atoms with Crippen molar-refractivity contribution in [3.63, 3.8) is 0 Å². The first-order valence-electron chi connectivity index (χ1n) is 6.88. The van der Waals surface area contributed by atoms with Gasteiger partial charge in [-0.2, -0.15) is 0 Å². The van der Waals surface area contributed by atoms with Crippen molar-refractivity contribution in [2.24, 2.45) is 11.7 Å². The van der Waals surface area contributed by atoms with E-state index in [9.17, 15) is 9.59 Å². The maximum atomic E-state index is 12.0. The molecule has 6 nitrogen and oxygen atoms in total. The van der Waals surface area contributed by atoms with E-state index < -0.39 is 5.91 Å². The van der Waals surface area contributed by atoms with Crippen LogP contribution in [0.15, 0.2) is 17.6 Å². The number of nitrogens with two attached hydrogens (primary N) is 1. The molecular weight excluding hydrogens is 288 g/mol. The first-order valence-corrected chi connectivity index (χ1v) is 7.76. The van der Waals surface area contributed by atoms with E-state index in [1.54, 1.807) is 12.3 Å². The third-order valence-corrected chi connectivity index (χ3v) is 4.46. The number of carbonyl (C=O) groups excluding carboxylic acids is 2. The van der Waals surface area contributed by atoms with Crippen LogP contribution in [0.25, 0.3) is 11.3 Å². The van der Waals surface area contributed by atoms with Crippen molar-refractivity contribution < 1.29 is 9.59 Å². The van der Waals surface area contributed by atoms with Crippen molar-refractivity contribution >= 4 is 28.3 Å². The number of primary amides is 1. The zero-order chi connectivity index (χ0) is 14.8. The third kappa shape index (κ3) is 2.97. The van der Waals surface area contributed by atoms with Gasteiger partial charge in [-0.15, -0.1) is 11.3 Å². The molecule has 0 spiro atoms. The van der Waals surface area contributed by atoms with Gasteiger partial charge in [-0.05, 0) is 18.9 Å². The number of hydrogen-bond acceptors (Lipinski definition) is 4. The van der Waals surface area contributed by atoms with Gasteiger partial charge in [0.2, 0.25) is 5.91 Å². The summed E-state index contributed by atoms with van der Waals surface area (Å²) in [7, 11) is 0. The molecule has 4 N–H and O–H groups in total. The molecule has 110 valence electrons. The molecule has 3 rings (SSSR count). The maximum Gasteiger partial charge on any atom is 0.265 e. The van der Waals surface area contributed by atoms with Gasteiger partial charge in [-0.3, -0.25) is 9.59 Å². The summed E-state index contributed by atoms with van der Waals surface area (Å²) in [4.78, 5) is 30.3. The molecule has 0 atom stereocenters. The fourth-order valence-electron chi connectivity index (χ4n) is 2.54. The molecule has 1 aliphatic rings. The number of hydrogen-bond donors (Lipinski definition) is 3. The summed E-state index contributed by atoms with van der Waals surface area (Å²) < 4.78 is 0. The summed E-state index contributed by atoms with van der Waals surface area (Å²) in [5, 5.41) is 5.30. The van der Waals surface area contributed by atoms with Gasteiger partial charge in [0.05, 0.1) is 5.69 Å². The normalized spacial score (nSPS) is 15.2. The Bertz CT molecular complexity index is 670. The summed E-state index contributed by atoms with van der Waals surface area (Å²) in [6, 6.07) is 1.65. The van der Waals surface area contributed by atoms with E-state index in [-0.39, 0.29) is 11.8 Å². The number of carbonyl (C=O) groups is 2. The molecule has 2 aromatic rings. The molecule has 2 aromatic heterocycles. The number of aromatic nitrogens is 2. The molecule has 0 aliphatic heterocycles. The Balaban J connectivity index is 1.70. The minimum Gasteiger partial charge on any atom is -0.364 e. The average molecular weight is 304 g/mol. The lowest BCUT2D eigenvalue weighted by molar-refractivity contribution is -0.119. The highest BCUT2D eigenvalue weighted by Gasteiger charge is 2.23. The molecule has 0 unspecified atom stereocenters. The number of nitrogens with zero attached hydrogens (tertiary/aromatic N) is 1. The first kappa shape index (κ1) is 13.8. The zero-order valence-electron chi connectivity index (χ0n) is 11.4. The van der Waals surface area contributed by atoms with Gasteiger partial charge < -0.3 is 16.0 Å². The number of H-pyrrole nitrogens is 1. The molecule has 0 aromatic carbocycles. The lowest BCUT2D eigenvalue weighted by Crippen LogP contribution is -2.20. The summed E-state index contributed by atoms with van der Waals surface area (Å²) >= 11 is 1.38. The molecule has 0 radical (unpaired) electrons. The molecule has 2 heterocycles. The second kappa shape index (κ2) is 5.69. The monoisotopic (exact) mass is 304 g/mol. The van der Waals surface area contributed by atoms with Crippen LogP contribution in [0.1, 0.15) is 36.2 Å². The number of thiazole rings is 1. The fraction of sp³-hybridized carbons (Fsp3) is 0.357. The molecule has 0 bridgehead atoms. The van der Waals surface area contributed by atoms with Crippen LogP contribution in [0.3, 0.4) is 0 Å². The smallest absolute Gasteiger partial charge is 0.265 e. The molecule has 1 aliphatic carbocycles. The number of rotatable bonds is 4. The van der Waals surface area contributed by atoms with Crippen LogP contribution < -0.4 is 11.1 Å². The van der Waals surface area contributed by atoms with E-state index in [4.69, 9.17) is 5.73 Å². The van der Waals surface area contributed by atoms with Crippen LogP contribution in [0.4, 0.5) is 5.13 Å². The predicted octanol–water partition coefficient (Wildman–Crippen LogP) is 2.37. The highest BCUT2D eigenvalue weighted by atomic mass is 32.1. The minimum absolute atomic E-state index is 0.0558. The van der Waals surface area contributed by atoms with Crippen molar-refractivity contribution in [3.05, 3.63) is 23.3 Å². The fourth-order valence-corrected chi connectivity index (χ4v) is 3.27. The zero-order valence-corrected chi connectivity index (χ0v) is 12.2. The number of amides is 2. The molecule has 21 heavy (non-hydrogen) atoms. The Morgan fingerprint density at radius 2 is 2.14 bits per heavy atom. The molecule has 1 fully saturated rings. The van der Waals surface area contributed by atoms with Gasteiger partial charge in [0.1, 0.15) is 5.69 Å². The molecule has 0 saturated heterocycles. The van der Waals surface area contributed by atoms with Crippen LogP contribution >= 0.6 is 11.3 Å². The highest BCUT2D eigenvalue weighted by molar-refractivity contribution is 7.14. The second-order valence-corrected chi connectivity index (χ2v) is 6.03. The SMILES string of the molecule is NC(=O)c1cc(-c2csc(NC(=O)C3CCCC3)n2)c[nH]1. The lowest BCUT2D eigenvalue weighted by Gasteiger charge is -2.07. The van der Waals surface area contributed by atoms with Gasteiger partial charge in [-0.25, -0.2) is 4.98 Å². The minimum atomic E-state index is -0.508. The van der Waals surface area contributed by atoms with Crippen LogP contribution in [0, 0.1) is 5.92 Å². The Morgan fingerprint density at radius 3 is 2.81 bits per heavy atom. The van der Waals surface area contributed by atoms with Crippen molar-refractivity contribution in [3.8, 4) is 11.3 Å². The Labute approximate surface area is 125 Å². The topological polar surface area (TPSA) is 101 Å². The van der Waals surface area contributed by atoms with Gasteiger partial charge in [0, 0.05) is 23.1 Å². The van der Waals surface area contributed by atoms with Gasteiger partial charge in [-0.1, -0.05) is 12.8 Å². The quantitative estimate of drug-likeness (QED) is 0.808. The first-order chi connectivity index (χ1) is 10.1. The second-order valence-electron chi connectivity index (χ2n) is 5.17. The van der Waals surface area contributed by atoms with E-state index in [0.717, 1.165) is 31.2 Å². The summed E-state index contributed by atoms with van der Waals surface area (Å²) in [5.74, 6) is -0.336. The Kier molecular flexibility index (Phi) is 3.74. The highest BCUT2D eigenvalue weighted by Crippen LogP contribution is 2.28. The summed E-state index contributed by atoms with van der Waals surface area (Å²) in [6.07, 6.45) is 5.85. The van der Waals surface area contributed by atoms with Gasteiger partial charge in [0.15, 0.2) is 5.13 Å². The van der Waals surface area contributed by atoms with E-state index in [1.165, 1.54) is 11.3 Å². The van der Waals surface area contributed by atoms with Crippen LogP contribution in [-0.4, -0.2) is 21.8 Å². The standard InChI is InChI=1S/C14H16N4O2S/c15-12(19)10-5-9(6-16-10)11-7-21-14(17-11)18-13(20)8-3-1-2-4-8/h5-8,16H,1-4H2,(H2,15,19)(H,17,18,20). The predicted molar refractivity (Wildman–Crippen MR) is 81.0 cm³/mol. The average Bonchev–Trinajstić information content (AvgIpc) is 3.20. The van der Waals surface area contributed by atoms with E-state index in [1.807, 2.05) is 5.38 Å². The number of nitrogens with one attached hydrogen (secondary N) is 2. The van der Waals surface area contributed by atoms with Crippen molar-refractivity contribution in [2.75, 3.05) is 5.32 Å². The van der Waals surface area contributed by atoms with Crippen molar-refractivity contribution in [1.82, 2.24) is 9.97 Å². The molecule has 7 heteroatoms. The van der Waals surface area contributed by atoms with E-state index in [2.05, 4.69) is 15.3 Å². The number of aromatic amines is 1. The third-order valence-electron chi connectivity index (χ3n) is 3.70. The summed E-state index contributed by atoms with van der Waals surface area (Å²) in [5.41, 5.74) is 7.04. The van der Waals surface area contributed by atoms with E-state index >= 15 is 0 Å². The maximum absolute atomic E-state index is 12.0. The van der Waals surface area contributed by atoms with Crippen molar-refractivity contribution in [1.29, 1.82) is 0 Å². The van der Waals surface area contributed by atoms with E-state index in [0.29, 0.717) is 16.5 Å². The Hall–Kier alpha value is -2.15. The summed E-state index contributed by atoms with van der Waals surface area (Å²) in [6.45, 7) is 0. The molecule has 2 amide bonds. The van der Waals surface area contributed by atoms with Crippen molar-refractivity contribution in [2.45, 2.75) is 25.7 Å². The lowest BCUT2D eigenvalue weighted by atomic mass is 10.1. The van der Waals surface area contributed by atoms with Crippen LogP contribution in [-0.2, 0) is 4.79 Å². The van der Waals surface area contributed by atoms with Crippen LogP contribution in [0.5, 0.6) is 0 Å².